The molecule has 1 heterocycles. The summed E-state index contributed by atoms with van der Waals surface area (Å²) in [4.78, 5) is 38.2. The minimum absolute atomic E-state index is 0.0679. The van der Waals surface area contributed by atoms with Gasteiger partial charge in [-0.05, 0) is 76.6 Å². The van der Waals surface area contributed by atoms with Gasteiger partial charge < -0.3 is 14.8 Å². The number of nitrogens with zero attached hydrogens (tertiary/aromatic N) is 1. The van der Waals surface area contributed by atoms with Crippen LogP contribution in [-0.2, 0) is 9.59 Å². The van der Waals surface area contributed by atoms with Crippen LogP contribution in [0.3, 0.4) is 0 Å². The highest BCUT2D eigenvalue weighted by atomic mass is 79.9. The average molecular weight is 562 g/mol. The summed E-state index contributed by atoms with van der Waals surface area (Å²) in [6.45, 7) is -1.62. The van der Waals surface area contributed by atoms with Crippen molar-refractivity contribution in [3.8, 4) is 11.5 Å². The van der Waals surface area contributed by atoms with E-state index in [2.05, 4.69) is 26.0 Å². The third kappa shape index (κ3) is 6.46. The van der Waals surface area contributed by atoms with Gasteiger partial charge in [-0.15, -0.1) is 0 Å². The zero-order valence-corrected chi connectivity index (χ0v) is 20.1. The van der Waals surface area contributed by atoms with E-state index in [1.807, 2.05) is 0 Å². The average Bonchev–Trinajstić information content (AvgIpc) is 3.00. The van der Waals surface area contributed by atoms with Crippen molar-refractivity contribution in [1.29, 1.82) is 0 Å². The second kappa shape index (κ2) is 11.0. The fourth-order valence-corrected chi connectivity index (χ4v) is 4.05. The van der Waals surface area contributed by atoms with Crippen LogP contribution in [-0.4, -0.2) is 41.7 Å². The van der Waals surface area contributed by atoms with Gasteiger partial charge in [-0.3, -0.25) is 19.3 Å². The highest BCUT2D eigenvalue weighted by Crippen LogP contribution is 2.35. The standard InChI is InChI=1S/C21H16BrClF2N2O5S/c1-2-31-16-7-11(3-6-15(16)32-20(24)25)8-17-19(29)27(21(30)33-17)10-18(28)26-12-4-5-13(22)14(23)9-12/h3-9,20H,2,10H2,1H3,(H,26,28)/b17-8-. The number of thioether (sulfide) groups is 1. The van der Waals surface area contributed by atoms with Crippen LogP contribution in [0.2, 0.25) is 5.02 Å². The van der Waals surface area contributed by atoms with Gasteiger partial charge >= 0.3 is 6.61 Å². The van der Waals surface area contributed by atoms with Crippen molar-refractivity contribution in [2.45, 2.75) is 13.5 Å². The number of rotatable bonds is 8. The number of hydrogen-bond acceptors (Lipinski definition) is 6. The highest BCUT2D eigenvalue weighted by molar-refractivity contribution is 9.10. The first kappa shape index (κ1) is 25.0. The number of benzene rings is 2. The molecule has 7 nitrogen and oxygen atoms in total. The zero-order valence-electron chi connectivity index (χ0n) is 16.9. The second-order valence-electron chi connectivity index (χ2n) is 6.46. The molecule has 0 aliphatic carbocycles. The normalized spacial score (nSPS) is 14.8. The molecular formula is C21H16BrClF2N2O5S. The predicted octanol–water partition coefficient (Wildman–Crippen LogP) is 5.78. The first-order valence-corrected chi connectivity index (χ1v) is 11.4. The molecule has 2 aromatic rings. The molecule has 0 atom stereocenters. The Morgan fingerprint density at radius 2 is 2.00 bits per heavy atom. The molecular weight excluding hydrogens is 546 g/mol. The molecule has 0 bridgehead atoms. The van der Waals surface area contributed by atoms with Crippen molar-refractivity contribution in [2.75, 3.05) is 18.5 Å². The Morgan fingerprint density at radius 1 is 1.24 bits per heavy atom. The number of ether oxygens (including phenoxy) is 2. The topological polar surface area (TPSA) is 84.9 Å². The number of anilines is 1. The Balaban J connectivity index is 1.73. The number of halogens is 4. The van der Waals surface area contributed by atoms with E-state index in [0.717, 1.165) is 4.90 Å². The van der Waals surface area contributed by atoms with E-state index in [-0.39, 0.29) is 23.0 Å². The predicted molar refractivity (Wildman–Crippen MR) is 125 cm³/mol. The van der Waals surface area contributed by atoms with Crippen molar-refractivity contribution < 1.29 is 32.6 Å². The van der Waals surface area contributed by atoms with E-state index >= 15 is 0 Å². The van der Waals surface area contributed by atoms with Gasteiger partial charge in [0.15, 0.2) is 11.5 Å². The molecule has 0 spiro atoms. The lowest BCUT2D eigenvalue weighted by atomic mass is 10.2. The molecule has 12 heteroatoms. The number of alkyl halides is 2. The maximum absolute atomic E-state index is 12.7. The minimum atomic E-state index is -3.02. The Labute approximate surface area is 205 Å². The molecule has 0 aromatic heterocycles. The first-order valence-electron chi connectivity index (χ1n) is 9.40. The summed E-state index contributed by atoms with van der Waals surface area (Å²) < 4.78 is 35.5. The summed E-state index contributed by atoms with van der Waals surface area (Å²) in [5.74, 6) is -1.32. The van der Waals surface area contributed by atoms with Crippen molar-refractivity contribution >= 4 is 68.1 Å². The van der Waals surface area contributed by atoms with Gasteiger partial charge in [0, 0.05) is 10.2 Å². The summed E-state index contributed by atoms with van der Waals surface area (Å²) >= 11 is 9.90. The first-order chi connectivity index (χ1) is 15.7. The molecule has 0 radical (unpaired) electrons. The molecule has 1 aliphatic heterocycles. The van der Waals surface area contributed by atoms with Gasteiger partial charge in [0.05, 0.1) is 16.5 Å². The summed E-state index contributed by atoms with van der Waals surface area (Å²) in [5.41, 5.74) is 0.838. The molecule has 3 amide bonds. The third-order valence-corrected chi connectivity index (χ3v) is 6.30. The molecule has 1 fully saturated rings. The van der Waals surface area contributed by atoms with Gasteiger partial charge in [-0.1, -0.05) is 17.7 Å². The fraction of sp³-hybridized carbons (Fsp3) is 0.190. The highest BCUT2D eigenvalue weighted by Gasteiger charge is 2.36. The molecule has 1 aliphatic rings. The zero-order chi connectivity index (χ0) is 24.1. The van der Waals surface area contributed by atoms with Crippen LogP contribution in [0, 0.1) is 0 Å². The molecule has 1 N–H and O–H groups in total. The Hall–Kier alpha value is -2.63. The van der Waals surface area contributed by atoms with Crippen LogP contribution in [0.25, 0.3) is 6.08 Å². The van der Waals surface area contributed by atoms with Gasteiger partial charge in [0.1, 0.15) is 6.54 Å². The molecule has 0 unspecified atom stereocenters. The van der Waals surface area contributed by atoms with Crippen LogP contribution in [0.5, 0.6) is 11.5 Å². The minimum Gasteiger partial charge on any atom is -0.490 e. The van der Waals surface area contributed by atoms with Crippen molar-refractivity contribution in [3.63, 3.8) is 0 Å². The van der Waals surface area contributed by atoms with E-state index in [9.17, 15) is 23.2 Å². The second-order valence-corrected chi connectivity index (χ2v) is 8.72. The molecule has 2 aromatic carbocycles. The van der Waals surface area contributed by atoms with Crippen molar-refractivity contribution in [1.82, 2.24) is 4.90 Å². The fourth-order valence-electron chi connectivity index (χ4n) is 2.78. The van der Waals surface area contributed by atoms with Gasteiger partial charge in [-0.2, -0.15) is 8.78 Å². The lowest BCUT2D eigenvalue weighted by Crippen LogP contribution is -2.36. The number of carbonyl (C=O) groups is 3. The van der Waals surface area contributed by atoms with Crippen molar-refractivity contribution in [2.24, 2.45) is 0 Å². The monoisotopic (exact) mass is 560 g/mol. The summed E-state index contributed by atoms with van der Waals surface area (Å²) in [6.07, 6.45) is 1.41. The van der Waals surface area contributed by atoms with Gasteiger partial charge in [0.2, 0.25) is 5.91 Å². The van der Waals surface area contributed by atoms with E-state index in [0.29, 0.717) is 32.5 Å². The Morgan fingerprint density at radius 3 is 2.67 bits per heavy atom. The molecule has 3 rings (SSSR count). The maximum atomic E-state index is 12.7. The molecule has 174 valence electrons. The smallest absolute Gasteiger partial charge is 0.387 e. The molecule has 1 saturated heterocycles. The number of nitrogens with one attached hydrogen (secondary N) is 1. The Kier molecular flexibility index (Phi) is 8.33. The van der Waals surface area contributed by atoms with Crippen LogP contribution in [0.4, 0.5) is 19.3 Å². The Bertz CT molecular complexity index is 1130. The summed E-state index contributed by atoms with van der Waals surface area (Å²) in [7, 11) is 0. The number of amides is 3. The van der Waals surface area contributed by atoms with Crippen LogP contribution >= 0.6 is 39.3 Å². The summed E-state index contributed by atoms with van der Waals surface area (Å²) in [6, 6.07) is 8.92. The van der Waals surface area contributed by atoms with Crippen LogP contribution in [0.1, 0.15) is 12.5 Å². The number of imide groups is 1. The molecule has 0 saturated carbocycles. The van der Waals surface area contributed by atoms with Crippen LogP contribution in [0.15, 0.2) is 45.8 Å². The maximum Gasteiger partial charge on any atom is 0.387 e. The lowest BCUT2D eigenvalue weighted by molar-refractivity contribution is -0.127. The summed E-state index contributed by atoms with van der Waals surface area (Å²) in [5, 5.41) is 2.35. The lowest BCUT2D eigenvalue weighted by Gasteiger charge is -2.13. The van der Waals surface area contributed by atoms with Crippen LogP contribution < -0.4 is 14.8 Å². The van der Waals surface area contributed by atoms with Gasteiger partial charge in [0.25, 0.3) is 11.1 Å². The molecule has 33 heavy (non-hydrogen) atoms. The largest absolute Gasteiger partial charge is 0.490 e. The quantitative estimate of drug-likeness (QED) is 0.412. The van der Waals surface area contributed by atoms with E-state index in [1.165, 1.54) is 30.3 Å². The third-order valence-electron chi connectivity index (χ3n) is 4.16. The van der Waals surface area contributed by atoms with E-state index in [1.54, 1.807) is 19.1 Å². The van der Waals surface area contributed by atoms with E-state index < -0.39 is 30.2 Å². The van der Waals surface area contributed by atoms with Crippen molar-refractivity contribution in [3.05, 3.63) is 56.4 Å². The van der Waals surface area contributed by atoms with E-state index in [4.69, 9.17) is 16.3 Å². The SMILES string of the molecule is CCOc1cc(/C=C2\SC(=O)N(CC(=O)Nc3ccc(Br)c(Cl)c3)C2=O)ccc1OC(F)F. The van der Waals surface area contributed by atoms with Gasteiger partial charge in [-0.25, -0.2) is 0 Å². The number of carbonyl (C=O) groups excluding carboxylic acids is 3. The number of hydrogen-bond donors (Lipinski definition) is 1.